The molecule has 2 amide bonds. The van der Waals surface area contributed by atoms with E-state index in [9.17, 15) is 14.4 Å². The first-order chi connectivity index (χ1) is 17.9. The Hall–Kier alpha value is -2.29. The molecule has 0 aromatic heterocycles. The van der Waals surface area contributed by atoms with Crippen LogP contribution < -0.4 is 16.0 Å². The fourth-order valence-corrected chi connectivity index (χ4v) is 3.25. The lowest BCUT2D eigenvalue weighted by Crippen LogP contribution is -2.33. The molecule has 0 radical (unpaired) electrons. The van der Waals surface area contributed by atoms with Crippen LogP contribution in [0.4, 0.5) is 0 Å². The summed E-state index contributed by atoms with van der Waals surface area (Å²) in [6, 6.07) is 8.27. The van der Waals surface area contributed by atoms with E-state index in [1.807, 2.05) is 27.7 Å². The highest BCUT2D eigenvalue weighted by atomic mass is 16.5. The normalized spacial score (nSPS) is 10.8. The quantitative estimate of drug-likeness (QED) is 0.237. The van der Waals surface area contributed by atoms with Gasteiger partial charge in [0.1, 0.15) is 12.4 Å². The van der Waals surface area contributed by atoms with Gasteiger partial charge in [-0.15, -0.1) is 0 Å². The van der Waals surface area contributed by atoms with Crippen molar-refractivity contribution in [2.24, 2.45) is 0 Å². The molecular formula is C29H53N3O5. The van der Waals surface area contributed by atoms with Gasteiger partial charge in [0.05, 0.1) is 25.9 Å². The van der Waals surface area contributed by atoms with E-state index < -0.39 is 0 Å². The highest BCUT2D eigenvalue weighted by molar-refractivity contribution is 5.81. The van der Waals surface area contributed by atoms with E-state index in [1.54, 1.807) is 14.0 Å². The van der Waals surface area contributed by atoms with Crippen LogP contribution in [0.5, 0.6) is 0 Å². The zero-order valence-corrected chi connectivity index (χ0v) is 24.4. The number of Topliss-reactive ketones (excluding diaryl/α,β-unsaturated/α-hetero) is 1. The van der Waals surface area contributed by atoms with E-state index in [0.29, 0.717) is 39.3 Å². The van der Waals surface area contributed by atoms with Gasteiger partial charge in [-0.2, -0.15) is 0 Å². The van der Waals surface area contributed by atoms with Crippen molar-refractivity contribution in [3.8, 4) is 0 Å². The van der Waals surface area contributed by atoms with Gasteiger partial charge in [-0.25, -0.2) is 0 Å². The second-order valence-electron chi connectivity index (χ2n) is 8.15. The molecular weight excluding hydrogens is 470 g/mol. The van der Waals surface area contributed by atoms with Gasteiger partial charge < -0.3 is 25.4 Å². The maximum absolute atomic E-state index is 11.8. The molecule has 0 bridgehead atoms. The number of unbranched alkanes of at least 4 members (excludes halogenated alkanes) is 1. The van der Waals surface area contributed by atoms with Crippen molar-refractivity contribution in [3.05, 3.63) is 35.4 Å². The highest BCUT2D eigenvalue weighted by Crippen LogP contribution is 2.07. The van der Waals surface area contributed by atoms with Gasteiger partial charge in [0.15, 0.2) is 0 Å². The second-order valence-corrected chi connectivity index (χ2v) is 8.15. The molecule has 0 saturated heterocycles. The maximum Gasteiger partial charge on any atom is 0.245 e. The molecule has 0 fully saturated rings. The summed E-state index contributed by atoms with van der Waals surface area (Å²) in [5.41, 5.74) is 2.49. The molecule has 0 heterocycles. The first-order valence-electron chi connectivity index (χ1n) is 13.8. The summed E-state index contributed by atoms with van der Waals surface area (Å²) in [6.45, 7) is 13.8. The van der Waals surface area contributed by atoms with Crippen LogP contribution in [-0.2, 0) is 30.3 Å². The lowest BCUT2D eigenvalue weighted by atomic mass is 10.1. The monoisotopic (exact) mass is 523 g/mol. The number of likely N-dealkylation sites (N-methyl/N-ethyl adjacent to an activating group) is 1. The van der Waals surface area contributed by atoms with Crippen molar-refractivity contribution in [2.75, 3.05) is 46.6 Å². The van der Waals surface area contributed by atoms with Gasteiger partial charge in [0.25, 0.3) is 0 Å². The molecule has 0 spiro atoms. The number of rotatable bonds is 19. The average molecular weight is 524 g/mol. The summed E-state index contributed by atoms with van der Waals surface area (Å²) >= 11 is 0. The number of nitrogens with one attached hydrogen (secondary N) is 3. The van der Waals surface area contributed by atoms with Crippen LogP contribution in [0.2, 0.25) is 0 Å². The molecule has 1 rings (SSSR count). The summed E-state index contributed by atoms with van der Waals surface area (Å²) in [6.07, 6.45) is 4.66. The Bertz CT molecular complexity index is 695. The molecule has 1 aromatic rings. The lowest BCUT2D eigenvalue weighted by molar-refractivity contribution is -0.126. The van der Waals surface area contributed by atoms with Crippen LogP contribution in [0, 0.1) is 6.92 Å². The Balaban J connectivity index is 0. The minimum Gasteiger partial charge on any atom is -0.377 e. The molecule has 0 aliphatic rings. The molecule has 0 aliphatic heterocycles. The topological polar surface area (TPSA) is 106 Å². The van der Waals surface area contributed by atoms with Crippen LogP contribution in [0.15, 0.2) is 24.3 Å². The van der Waals surface area contributed by atoms with Crippen molar-refractivity contribution in [2.45, 2.75) is 86.1 Å². The second kappa shape index (κ2) is 26.8. The number of carbonyl (C=O) groups is 3. The van der Waals surface area contributed by atoms with E-state index in [1.165, 1.54) is 11.1 Å². The van der Waals surface area contributed by atoms with Crippen molar-refractivity contribution in [3.63, 3.8) is 0 Å². The zero-order chi connectivity index (χ0) is 28.3. The van der Waals surface area contributed by atoms with Crippen LogP contribution in [0.1, 0.15) is 77.8 Å². The smallest absolute Gasteiger partial charge is 0.245 e. The summed E-state index contributed by atoms with van der Waals surface area (Å²) in [5, 5.41) is 8.63. The van der Waals surface area contributed by atoms with Crippen LogP contribution >= 0.6 is 0 Å². The van der Waals surface area contributed by atoms with Crippen LogP contribution in [0.25, 0.3) is 0 Å². The van der Waals surface area contributed by atoms with E-state index in [2.05, 4.69) is 47.1 Å². The number of carbonyl (C=O) groups excluding carboxylic acids is 3. The standard InChI is InChI=1S/C25H41N3O5.2C2H6/c1-20-10-12-22(13-11-20)7-6-9-24(30)28-15-16-32-17-18-33-19-25(31)27-14-5-4-8-23(26-3)21(2)29;2*1-2/h10-13,23,26H,4-9,14-19H2,1-3H3,(H,27,31)(H,28,30);2*1-2H3. The predicted octanol–water partition coefficient (Wildman–Crippen LogP) is 3.98. The molecule has 37 heavy (non-hydrogen) atoms. The third-order valence-electron chi connectivity index (χ3n) is 5.24. The van der Waals surface area contributed by atoms with Gasteiger partial charge in [0.2, 0.25) is 11.8 Å². The Morgan fingerprint density at radius 1 is 0.811 bits per heavy atom. The van der Waals surface area contributed by atoms with Crippen LogP contribution in [-0.4, -0.2) is 70.2 Å². The first-order valence-corrected chi connectivity index (χ1v) is 13.8. The van der Waals surface area contributed by atoms with Crippen LogP contribution in [0.3, 0.4) is 0 Å². The summed E-state index contributed by atoms with van der Waals surface area (Å²) in [5.74, 6) is -0.000501. The largest absolute Gasteiger partial charge is 0.377 e. The fourth-order valence-electron chi connectivity index (χ4n) is 3.25. The number of ether oxygens (including phenoxy) is 2. The molecule has 1 unspecified atom stereocenters. The molecule has 0 saturated carbocycles. The zero-order valence-electron chi connectivity index (χ0n) is 24.4. The van der Waals surface area contributed by atoms with Gasteiger partial charge in [-0.05, 0) is 58.6 Å². The Kier molecular flexibility index (Phi) is 26.7. The Morgan fingerprint density at radius 3 is 2.05 bits per heavy atom. The van der Waals surface area contributed by atoms with Gasteiger partial charge in [-0.3, -0.25) is 14.4 Å². The Morgan fingerprint density at radius 2 is 1.43 bits per heavy atom. The number of hydrogen-bond donors (Lipinski definition) is 3. The van der Waals surface area contributed by atoms with Gasteiger partial charge >= 0.3 is 0 Å². The SMILES string of the molecule is CC.CC.CNC(CCCCNC(=O)COCCOCCNC(=O)CCCc1ccc(C)cc1)C(C)=O. The minimum atomic E-state index is -0.162. The van der Waals surface area contributed by atoms with Crippen molar-refractivity contribution in [1.82, 2.24) is 16.0 Å². The highest BCUT2D eigenvalue weighted by Gasteiger charge is 2.10. The molecule has 8 heteroatoms. The molecule has 8 nitrogen and oxygen atoms in total. The predicted molar refractivity (Wildman–Crippen MR) is 152 cm³/mol. The lowest BCUT2D eigenvalue weighted by Gasteiger charge is -2.12. The summed E-state index contributed by atoms with van der Waals surface area (Å²) < 4.78 is 10.7. The van der Waals surface area contributed by atoms with E-state index in [-0.39, 0.29) is 30.2 Å². The minimum absolute atomic E-state index is 0.00628. The average Bonchev–Trinajstić information content (AvgIpc) is 2.91. The summed E-state index contributed by atoms with van der Waals surface area (Å²) in [4.78, 5) is 34.9. The van der Waals surface area contributed by atoms with Gasteiger partial charge in [0, 0.05) is 19.5 Å². The van der Waals surface area contributed by atoms with Crippen molar-refractivity contribution in [1.29, 1.82) is 0 Å². The molecule has 0 aliphatic carbocycles. The van der Waals surface area contributed by atoms with E-state index >= 15 is 0 Å². The molecule has 1 atom stereocenters. The number of hydrogen-bond acceptors (Lipinski definition) is 6. The summed E-state index contributed by atoms with van der Waals surface area (Å²) in [7, 11) is 1.78. The van der Waals surface area contributed by atoms with Crippen molar-refractivity contribution < 1.29 is 23.9 Å². The number of benzene rings is 1. The van der Waals surface area contributed by atoms with Crippen molar-refractivity contribution >= 4 is 17.6 Å². The number of amides is 2. The number of ketones is 1. The van der Waals surface area contributed by atoms with Gasteiger partial charge in [-0.1, -0.05) is 57.5 Å². The maximum atomic E-state index is 11.8. The fraction of sp³-hybridized carbons (Fsp3) is 0.690. The number of aryl methyl sites for hydroxylation is 2. The van der Waals surface area contributed by atoms with E-state index in [4.69, 9.17) is 9.47 Å². The van der Waals surface area contributed by atoms with E-state index in [0.717, 1.165) is 32.1 Å². The third kappa shape index (κ3) is 22.6. The molecule has 3 N–H and O–H groups in total. The molecule has 214 valence electrons. The molecule has 1 aromatic carbocycles. The first kappa shape index (κ1) is 36.9. The Labute approximate surface area is 225 Å². The third-order valence-corrected chi connectivity index (χ3v) is 5.24.